The summed E-state index contributed by atoms with van der Waals surface area (Å²) in [6.07, 6.45) is 3.06. The van der Waals surface area contributed by atoms with E-state index in [-0.39, 0.29) is 17.4 Å². The molecule has 33 heavy (non-hydrogen) atoms. The summed E-state index contributed by atoms with van der Waals surface area (Å²) < 4.78 is 5.59. The Labute approximate surface area is 199 Å². The first kappa shape index (κ1) is 22.4. The molecular weight excluding hydrogens is 440 g/mol. The van der Waals surface area contributed by atoms with Crippen molar-refractivity contribution in [2.45, 2.75) is 70.0 Å². The topological polar surface area (TPSA) is 78.8 Å². The largest absolute Gasteiger partial charge is 0.444 e. The van der Waals surface area contributed by atoms with Crippen molar-refractivity contribution in [1.29, 1.82) is 0 Å². The van der Waals surface area contributed by atoms with Crippen LogP contribution in [-0.4, -0.2) is 51.3 Å². The Morgan fingerprint density at radius 1 is 1.24 bits per heavy atom. The monoisotopic (exact) mass is 470 g/mol. The maximum absolute atomic E-state index is 12.6. The third-order valence-corrected chi connectivity index (χ3v) is 7.42. The second-order valence-corrected chi connectivity index (χ2v) is 11.1. The van der Waals surface area contributed by atoms with Gasteiger partial charge in [-0.15, -0.1) is 0 Å². The molecule has 1 aliphatic carbocycles. The number of aromatic nitrogens is 2. The van der Waals surface area contributed by atoms with Crippen molar-refractivity contribution < 1.29 is 14.6 Å². The number of hydrogen-bond donors (Lipinski definition) is 1. The predicted octanol–water partition coefficient (Wildman–Crippen LogP) is 5.09. The Morgan fingerprint density at radius 2 is 1.97 bits per heavy atom. The number of anilines is 2. The highest BCUT2D eigenvalue weighted by atomic mass is 35.5. The second-order valence-electron chi connectivity index (χ2n) is 10.6. The van der Waals surface area contributed by atoms with E-state index in [1.807, 2.05) is 31.7 Å². The molecule has 2 atom stereocenters. The van der Waals surface area contributed by atoms with Crippen LogP contribution in [0.25, 0.3) is 0 Å². The Hall–Kier alpha value is -2.38. The number of rotatable bonds is 1. The summed E-state index contributed by atoms with van der Waals surface area (Å²) in [6.45, 7) is 9.81. The van der Waals surface area contributed by atoms with E-state index in [2.05, 4.69) is 33.9 Å². The molecule has 1 amide bonds. The van der Waals surface area contributed by atoms with Gasteiger partial charge in [-0.3, -0.25) is 0 Å². The van der Waals surface area contributed by atoms with Gasteiger partial charge in [0, 0.05) is 41.3 Å². The van der Waals surface area contributed by atoms with Crippen LogP contribution in [0.15, 0.2) is 24.5 Å². The number of halogens is 1. The van der Waals surface area contributed by atoms with Gasteiger partial charge < -0.3 is 19.6 Å². The Kier molecular flexibility index (Phi) is 5.33. The van der Waals surface area contributed by atoms with Crippen LogP contribution < -0.4 is 4.90 Å². The minimum absolute atomic E-state index is 0.128. The van der Waals surface area contributed by atoms with Crippen molar-refractivity contribution in [2.75, 3.05) is 24.5 Å². The summed E-state index contributed by atoms with van der Waals surface area (Å²) in [6, 6.07) is 6.05. The van der Waals surface area contributed by atoms with Crippen LogP contribution in [0.4, 0.5) is 16.3 Å². The fourth-order valence-electron chi connectivity index (χ4n) is 5.62. The molecule has 176 valence electrons. The van der Waals surface area contributed by atoms with E-state index >= 15 is 0 Å². The molecule has 8 heteroatoms. The Bertz CT molecular complexity index is 1090. The van der Waals surface area contributed by atoms with Gasteiger partial charge >= 0.3 is 6.09 Å². The minimum atomic E-state index is -0.546. The first-order valence-electron chi connectivity index (χ1n) is 11.7. The fraction of sp³-hybridized carbons (Fsp3) is 0.560. The zero-order valence-corrected chi connectivity index (χ0v) is 20.4. The minimum Gasteiger partial charge on any atom is -0.444 e. The molecule has 5 rings (SSSR count). The summed E-state index contributed by atoms with van der Waals surface area (Å²) in [7, 11) is 0. The van der Waals surface area contributed by atoms with E-state index in [0.29, 0.717) is 24.5 Å². The number of fused-ring (bicyclic) bond motifs is 3. The summed E-state index contributed by atoms with van der Waals surface area (Å²) in [4.78, 5) is 25.8. The highest BCUT2D eigenvalue weighted by Gasteiger charge is 2.47. The lowest BCUT2D eigenvalue weighted by atomic mass is 9.74. The molecule has 1 fully saturated rings. The van der Waals surface area contributed by atoms with Gasteiger partial charge in [-0.1, -0.05) is 18.5 Å². The zero-order valence-electron chi connectivity index (χ0n) is 19.6. The van der Waals surface area contributed by atoms with Gasteiger partial charge in [-0.05, 0) is 69.7 Å². The van der Waals surface area contributed by atoms with Crippen molar-refractivity contribution in [3.05, 3.63) is 46.4 Å². The number of hydrogen-bond acceptors (Lipinski definition) is 6. The lowest BCUT2D eigenvalue weighted by Crippen LogP contribution is -2.48. The van der Waals surface area contributed by atoms with E-state index in [0.717, 1.165) is 42.1 Å². The number of benzene rings is 1. The van der Waals surface area contributed by atoms with Crippen molar-refractivity contribution >= 4 is 29.2 Å². The number of ether oxygens (including phenoxy) is 1. The van der Waals surface area contributed by atoms with Gasteiger partial charge in [-0.2, -0.15) is 0 Å². The summed E-state index contributed by atoms with van der Waals surface area (Å²) in [5.74, 6) is 1.06. The van der Waals surface area contributed by atoms with Crippen LogP contribution in [0.2, 0.25) is 5.02 Å². The lowest BCUT2D eigenvalue weighted by molar-refractivity contribution is 0.0171. The molecule has 3 aliphatic rings. The molecule has 3 heterocycles. The Balaban J connectivity index is 1.48. The molecule has 2 aromatic rings. The highest BCUT2D eigenvalue weighted by molar-refractivity contribution is 6.30. The molecule has 1 N–H and O–H groups in total. The van der Waals surface area contributed by atoms with Gasteiger partial charge in [-0.25, -0.2) is 14.8 Å². The highest BCUT2D eigenvalue weighted by Crippen LogP contribution is 2.52. The molecule has 7 nitrogen and oxygen atoms in total. The van der Waals surface area contributed by atoms with Crippen LogP contribution >= 0.6 is 11.6 Å². The number of amides is 1. The van der Waals surface area contributed by atoms with Gasteiger partial charge in [0.15, 0.2) is 0 Å². The normalized spacial score (nSPS) is 23.6. The average Bonchev–Trinajstić information content (AvgIpc) is 3.21. The van der Waals surface area contributed by atoms with Crippen LogP contribution in [0, 0.1) is 0 Å². The predicted molar refractivity (Wildman–Crippen MR) is 127 cm³/mol. The average molecular weight is 471 g/mol. The number of aliphatic hydroxyl groups excluding tert-OH is 1. The maximum atomic E-state index is 12.6. The number of piperidine rings is 1. The van der Waals surface area contributed by atoms with Crippen molar-refractivity contribution in [3.8, 4) is 0 Å². The van der Waals surface area contributed by atoms with Crippen molar-refractivity contribution in [1.82, 2.24) is 14.9 Å². The van der Waals surface area contributed by atoms with E-state index in [1.54, 1.807) is 6.33 Å². The first-order valence-corrected chi connectivity index (χ1v) is 12.0. The number of carbonyl (C=O) groups is 1. The summed E-state index contributed by atoms with van der Waals surface area (Å²) in [5.41, 5.74) is 3.44. The number of likely N-dealkylation sites (tertiary alicyclic amines) is 1. The van der Waals surface area contributed by atoms with Crippen LogP contribution in [0.1, 0.15) is 75.8 Å². The summed E-state index contributed by atoms with van der Waals surface area (Å²) >= 11 is 6.45. The Morgan fingerprint density at radius 3 is 2.67 bits per heavy atom. The van der Waals surface area contributed by atoms with E-state index in [4.69, 9.17) is 16.3 Å². The fourth-order valence-corrected chi connectivity index (χ4v) is 5.79. The zero-order chi connectivity index (χ0) is 23.5. The second kappa shape index (κ2) is 7.84. The third kappa shape index (κ3) is 3.85. The van der Waals surface area contributed by atoms with Crippen LogP contribution in [0.3, 0.4) is 0 Å². The molecule has 0 radical (unpaired) electrons. The van der Waals surface area contributed by atoms with Gasteiger partial charge in [0.05, 0.1) is 11.8 Å². The maximum Gasteiger partial charge on any atom is 0.410 e. The molecule has 1 saturated heterocycles. The van der Waals surface area contributed by atoms with Gasteiger partial charge in [0.2, 0.25) is 0 Å². The number of nitrogens with zero attached hydrogens (tertiary/aromatic N) is 4. The van der Waals surface area contributed by atoms with E-state index < -0.39 is 11.7 Å². The SMILES string of the molecule is C[C@@H]1C[C@@H](O)c2ncnc(N3CC4(CCN(C(=O)OC(C)(C)C)CC4)c4cc(Cl)ccc43)c21. The molecule has 0 bridgehead atoms. The van der Waals surface area contributed by atoms with Gasteiger partial charge in [0.25, 0.3) is 0 Å². The molecule has 0 unspecified atom stereocenters. The van der Waals surface area contributed by atoms with Crippen LogP contribution in [-0.2, 0) is 10.2 Å². The lowest BCUT2D eigenvalue weighted by Gasteiger charge is -2.40. The molecular formula is C25H31ClN4O3. The quantitative estimate of drug-likeness (QED) is 0.625. The number of aliphatic hydroxyl groups is 1. The van der Waals surface area contributed by atoms with Crippen molar-refractivity contribution in [3.63, 3.8) is 0 Å². The van der Waals surface area contributed by atoms with Crippen LogP contribution in [0.5, 0.6) is 0 Å². The molecule has 0 saturated carbocycles. The van der Waals surface area contributed by atoms with E-state index in [9.17, 15) is 9.90 Å². The summed E-state index contributed by atoms with van der Waals surface area (Å²) in [5, 5.41) is 11.2. The standard InChI is InChI=1S/C25H31ClN4O3/c1-15-11-19(31)21-20(15)22(28-14-27-21)30-13-25(17-12-16(26)5-6-18(17)30)7-9-29(10-8-25)23(32)33-24(2,3)4/h5-6,12,14-15,19,31H,7-11,13H2,1-4H3/t15-,19-/m1/s1. The van der Waals surface area contributed by atoms with Crippen molar-refractivity contribution in [2.24, 2.45) is 0 Å². The molecule has 1 spiro atoms. The first-order chi connectivity index (χ1) is 15.6. The number of carbonyl (C=O) groups excluding carboxylic acids is 1. The third-order valence-electron chi connectivity index (χ3n) is 7.19. The van der Waals surface area contributed by atoms with E-state index in [1.165, 1.54) is 5.56 Å². The molecule has 1 aromatic heterocycles. The van der Waals surface area contributed by atoms with Gasteiger partial charge in [0.1, 0.15) is 17.7 Å². The molecule has 1 aromatic carbocycles. The smallest absolute Gasteiger partial charge is 0.410 e. The molecule has 2 aliphatic heterocycles.